The van der Waals surface area contributed by atoms with Gasteiger partial charge in [0.15, 0.2) is 0 Å². The zero-order valence-corrected chi connectivity index (χ0v) is 10.3. The molecule has 0 saturated heterocycles. The van der Waals surface area contributed by atoms with Crippen LogP contribution in [0, 0.1) is 5.92 Å². The van der Waals surface area contributed by atoms with Crippen molar-refractivity contribution >= 4 is 15.9 Å². The second-order valence-corrected chi connectivity index (χ2v) is 6.05. The van der Waals surface area contributed by atoms with Crippen molar-refractivity contribution < 1.29 is 8.42 Å². The Kier molecular flexibility index (Phi) is 4.57. The Balaban J connectivity index is 2.35. The van der Waals surface area contributed by atoms with E-state index in [1.54, 1.807) is 6.92 Å². The van der Waals surface area contributed by atoms with Crippen molar-refractivity contribution in [2.45, 2.75) is 39.0 Å². The third kappa shape index (κ3) is 5.77. The van der Waals surface area contributed by atoms with Crippen molar-refractivity contribution in [1.29, 1.82) is 0 Å². The lowest BCUT2D eigenvalue weighted by Crippen LogP contribution is -2.27. The summed E-state index contributed by atoms with van der Waals surface area (Å²) < 4.78 is 24.2. The molecule has 1 fully saturated rings. The van der Waals surface area contributed by atoms with Crippen LogP contribution in [-0.2, 0) is 10.0 Å². The number of hydrogen-bond donors (Lipinski definition) is 1. The highest BCUT2D eigenvalue weighted by molar-refractivity contribution is 7.89. The summed E-state index contributed by atoms with van der Waals surface area (Å²) in [5.74, 6) is 1.15. The van der Waals surface area contributed by atoms with E-state index in [2.05, 4.69) is 9.71 Å². The highest BCUT2D eigenvalue weighted by Crippen LogP contribution is 2.23. The Bertz CT molecular complexity index is 316. The fraction of sp³-hybridized carbons (Fsp3) is 0.900. The van der Waals surface area contributed by atoms with Gasteiger partial charge in [-0.2, -0.15) is 0 Å². The summed E-state index contributed by atoms with van der Waals surface area (Å²) in [4.78, 5) is 4.26. The van der Waals surface area contributed by atoms with Crippen molar-refractivity contribution in [2.24, 2.45) is 10.9 Å². The Hall–Kier alpha value is -0.580. The summed E-state index contributed by atoms with van der Waals surface area (Å²) in [5.41, 5.74) is 0. The fourth-order valence-electron chi connectivity index (χ4n) is 1.94. The average Bonchev–Trinajstić information content (AvgIpc) is 2.14. The maximum Gasteiger partial charge on any atom is 0.230 e. The number of hydrogen-bond acceptors (Lipinski definition) is 3. The minimum atomic E-state index is -3.16. The van der Waals surface area contributed by atoms with Crippen LogP contribution in [0.2, 0.25) is 0 Å². The first-order valence-electron chi connectivity index (χ1n) is 5.46. The van der Waals surface area contributed by atoms with E-state index in [1.165, 1.54) is 32.1 Å². The summed E-state index contributed by atoms with van der Waals surface area (Å²) in [7, 11) is -3.16. The van der Waals surface area contributed by atoms with E-state index in [1.807, 2.05) is 0 Å². The minimum Gasteiger partial charge on any atom is -0.272 e. The molecule has 88 valence electrons. The lowest BCUT2D eigenvalue weighted by Gasteiger charge is -2.19. The normalized spacial score (nSPS) is 20.3. The first-order valence-corrected chi connectivity index (χ1v) is 7.35. The zero-order valence-electron chi connectivity index (χ0n) is 9.49. The topological polar surface area (TPSA) is 58.5 Å². The monoisotopic (exact) mass is 232 g/mol. The number of aliphatic imine (C=N–C) groups is 1. The van der Waals surface area contributed by atoms with Crippen LogP contribution in [0.15, 0.2) is 4.99 Å². The van der Waals surface area contributed by atoms with Gasteiger partial charge in [0, 0.05) is 6.54 Å². The standard InChI is InChI=1S/C10H20N2O2S/c1-9(12-15(2,13)14)11-8-10-6-4-3-5-7-10/h10H,3-8H2,1-2H3,(H,11,12). The SMILES string of the molecule is CC(=NCC1CCCCC1)NS(C)(=O)=O. The van der Waals surface area contributed by atoms with Crippen LogP contribution in [-0.4, -0.2) is 27.1 Å². The van der Waals surface area contributed by atoms with E-state index >= 15 is 0 Å². The fourth-order valence-corrected chi connectivity index (χ4v) is 2.54. The van der Waals surface area contributed by atoms with Crippen molar-refractivity contribution in [3.05, 3.63) is 0 Å². The van der Waals surface area contributed by atoms with Crippen molar-refractivity contribution in [1.82, 2.24) is 4.72 Å². The van der Waals surface area contributed by atoms with Crippen LogP contribution in [0.25, 0.3) is 0 Å². The predicted octanol–water partition coefficient (Wildman–Crippen LogP) is 1.53. The summed E-state index contributed by atoms with van der Waals surface area (Å²) in [5, 5.41) is 0. The quantitative estimate of drug-likeness (QED) is 0.592. The molecule has 5 heteroatoms. The van der Waals surface area contributed by atoms with Gasteiger partial charge in [-0.25, -0.2) is 8.42 Å². The maximum atomic E-state index is 10.9. The van der Waals surface area contributed by atoms with Gasteiger partial charge in [-0.15, -0.1) is 0 Å². The lowest BCUT2D eigenvalue weighted by atomic mass is 9.89. The van der Waals surface area contributed by atoms with Crippen LogP contribution in [0.4, 0.5) is 0 Å². The van der Waals surface area contributed by atoms with Gasteiger partial charge < -0.3 is 0 Å². The Morgan fingerprint density at radius 3 is 2.47 bits per heavy atom. The summed E-state index contributed by atoms with van der Waals surface area (Å²) in [6.07, 6.45) is 7.52. The van der Waals surface area contributed by atoms with E-state index in [0.717, 1.165) is 12.8 Å². The maximum absolute atomic E-state index is 10.9. The molecule has 0 aromatic carbocycles. The molecule has 0 bridgehead atoms. The predicted molar refractivity (Wildman–Crippen MR) is 62.5 cm³/mol. The summed E-state index contributed by atoms with van der Waals surface area (Å²) in [6.45, 7) is 2.46. The largest absolute Gasteiger partial charge is 0.272 e. The van der Waals surface area contributed by atoms with E-state index in [0.29, 0.717) is 11.8 Å². The Morgan fingerprint density at radius 1 is 1.33 bits per heavy atom. The Labute approximate surface area is 92.2 Å². The van der Waals surface area contributed by atoms with Crippen LogP contribution < -0.4 is 4.72 Å². The number of rotatable bonds is 3. The first kappa shape index (κ1) is 12.5. The molecule has 0 amide bonds. The van der Waals surface area contributed by atoms with Crippen LogP contribution in [0.1, 0.15) is 39.0 Å². The van der Waals surface area contributed by atoms with Crippen molar-refractivity contribution in [3.8, 4) is 0 Å². The number of nitrogens with zero attached hydrogens (tertiary/aromatic N) is 1. The molecule has 0 unspecified atom stereocenters. The molecule has 0 heterocycles. The van der Waals surface area contributed by atoms with Crippen LogP contribution in [0.3, 0.4) is 0 Å². The molecule has 0 atom stereocenters. The molecular weight excluding hydrogens is 212 g/mol. The molecule has 0 spiro atoms. The van der Waals surface area contributed by atoms with E-state index < -0.39 is 10.0 Å². The number of sulfonamides is 1. The van der Waals surface area contributed by atoms with Crippen molar-refractivity contribution in [2.75, 3.05) is 12.8 Å². The van der Waals surface area contributed by atoms with Gasteiger partial charge >= 0.3 is 0 Å². The molecule has 1 N–H and O–H groups in total. The van der Waals surface area contributed by atoms with E-state index in [-0.39, 0.29) is 0 Å². The highest BCUT2D eigenvalue weighted by atomic mass is 32.2. The third-order valence-electron chi connectivity index (χ3n) is 2.64. The molecule has 0 radical (unpaired) electrons. The molecule has 0 aromatic rings. The van der Waals surface area contributed by atoms with E-state index in [9.17, 15) is 8.42 Å². The average molecular weight is 232 g/mol. The lowest BCUT2D eigenvalue weighted by molar-refractivity contribution is 0.367. The first-order chi connectivity index (χ1) is 6.97. The molecule has 0 aromatic heterocycles. The molecular formula is C10H20N2O2S. The molecule has 1 aliphatic rings. The third-order valence-corrected chi connectivity index (χ3v) is 3.31. The number of nitrogens with one attached hydrogen (secondary N) is 1. The minimum absolute atomic E-state index is 0.503. The molecule has 1 rings (SSSR count). The second-order valence-electron chi connectivity index (χ2n) is 4.30. The van der Waals surface area contributed by atoms with Gasteiger partial charge in [-0.05, 0) is 25.7 Å². The Morgan fingerprint density at radius 2 is 1.93 bits per heavy atom. The van der Waals surface area contributed by atoms with Gasteiger partial charge in [0.05, 0.1) is 6.26 Å². The smallest absolute Gasteiger partial charge is 0.230 e. The second kappa shape index (κ2) is 5.49. The van der Waals surface area contributed by atoms with E-state index in [4.69, 9.17) is 0 Å². The van der Waals surface area contributed by atoms with Gasteiger partial charge in [-0.3, -0.25) is 9.71 Å². The molecule has 0 aliphatic heterocycles. The van der Waals surface area contributed by atoms with Crippen LogP contribution in [0.5, 0.6) is 0 Å². The van der Waals surface area contributed by atoms with Gasteiger partial charge in [0.1, 0.15) is 5.84 Å². The summed E-state index contributed by atoms with van der Waals surface area (Å²) in [6, 6.07) is 0. The van der Waals surface area contributed by atoms with Crippen molar-refractivity contribution in [3.63, 3.8) is 0 Å². The number of amidine groups is 1. The molecule has 15 heavy (non-hydrogen) atoms. The highest BCUT2D eigenvalue weighted by Gasteiger charge is 2.12. The van der Waals surface area contributed by atoms with Gasteiger partial charge in [0.2, 0.25) is 10.0 Å². The van der Waals surface area contributed by atoms with Gasteiger partial charge in [-0.1, -0.05) is 19.3 Å². The zero-order chi connectivity index (χ0) is 11.3. The molecule has 1 saturated carbocycles. The molecule has 1 aliphatic carbocycles. The summed E-state index contributed by atoms with van der Waals surface area (Å²) >= 11 is 0. The molecule has 4 nitrogen and oxygen atoms in total. The van der Waals surface area contributed by atoms with Gasteiger partial charge in [0.25, 0.3) is 0 Å². The van der Waals surface area contributed by atoms with Crippen LogP contribution >= 0.6 is 0 Å².